The molecule has 5 heteroatoms. The molecule has 0 aliphatic carbocycles. The molecule has 0 N–H and O–H groups in total. The van der Waals surface area contributed by atoms with Crippen molar-refractivity contribution in [3.63, 3.8) is 0 Å². The Hall–Kier alpha value is -1.30. The number of aromatic nitrogens is 1. The molecule has 1 aliphatic heterocycles. The number of ether oxygens (including phenoxy) is 1. The highest BCUT2D eigenvalue weighted by Crippen LogP contribution is 2.27. The smallest absolute Gasteiger partial charge is 0.126 e. The van der Waals surface area contributed by atoms with Crippen LogP contribution < -0.4 is 0 Å². The van der Waals surface area contributed by atoms with E-state index in [1.165, 1.54) is 4.88 Å². The Labute approximate surface area is 141 Å². The lowest BCUT2D eigenvalue weighted by Crippen LogP contribution is -2.45. The number of likely N-dealkylation sites (tertiary alicyclic amines) is 1. The summed E-state index contributed by atoms with van der Waals surface area (Å²) in [4.78, 5) is 8.07. The summed E-state index contributed by atoms with van der Waals surface area (Å²) in [6.45, 7) is 4.91. The molecule has 1 saturated heterocycles. The summed E-state index contributed by atoms with van der Waals surface area (Å²) >= 11 is 1.71. The number of benzene rings is 1. The summed E-state index contributed by atoms with van der Waals surface area (Å²) < 4.78 is 19.6. The Kier molecular flexibility index (Phi) is 5.41. The molecule has 3 rings (SSSR count). The van der Waals surface area contributed by atoms with Crippen LogP contribution in [0.4, 0.5) is 4.39 Å². The van der Waals surface area contributed by atoms with Gasteiger partial charge in [0.25, 0.3) is 0 Å². The third kappa shape index (κ3) is 3.97. The van der Waals surface area contributed by atoms with E-state index in [0.29, 0.717) is 5.92 Å². The zero-order valence-corrected chi connectivity index (χ0v) is 14.5. The summed E-state index contributed by atoms with van der Waals surface area (Å²) in [6, 6.07) is 7.07. The molecule has 2 heterocycles. The number of hydrogen-bond acceptors (Lipinski definition) is 4. The second-order valence-corrected chi connectivity index (χ2v) is 7.15. The van der Waals surface area contributed by atoms with Gasteiger partial charge in [-0.05, 0) is 43.9 Å². The van der Waals surface area contributed by atoms with E-state index in [4.69, 9.17) is 4.74 Å². The third-order valence-corrected chi connectivity index (χ3v) is 5.65. The molecule has 2 atom stereocenters. The van der Waals surface area contributed by atoms with Crippen LogP contribution >= 0.6 is 11.3 Å². The van der Waals surface area contributed by atoms with Gasteiger partial charge in [0, 0.05) is 25.1 Å². The average Bonchev–Trinajstić information content (AvgIpc) is 2.96. The van der Waals surface area contributed by atoms with Crippen LogP contribution in [0.1, 0.15) is 22.6 Å². The fourth-order valence-electron chi connectivity index (χ4n) is 3.30. The Morgan fingerprint density at radius 1 is 1.39 bits per heavy atom. The molecule has 2 aromatic rings. The first kappa shape index (κ1) is 16.6. The number of hydrogen-bond donors (Lipinski definition) is 0. The molecule has 1 aromatic heterocycles. The SMILES string of the molecule is CO[C@@H]1CN(Cc2scnc2C)CC[C@@H]1Cc1ccccc1F. The van der Waals surface area contributed by atoms with Crippen LogP contribution in [-0.2, 0) is 17.7 Å². The maximum Gasteiger partial charge on any atom is 0.126 e. The lowest BCUT2D eigenvalue weighted by atomic mass is 9.87. The van der Waals surface area contributed by atoms with Gasteiger partial charge in [-0.2, -0.15) is 0 Å². The van der Waals surface area contributed by atoms with E-state index in [9.17, 15) is 4.39 Å². The van der Waals surface area contributed by atoms with Gasteiger partial charge in [0.15, 0.2) is 0 Å². The van der Waals surface area contributed by atoms with Crippen molar-refractivity contribution in [2.45, 2.75) is 32.4 Å². The predicted octanol–water partition coefficient (Wildman–Crippen LogP) is 3.67. The Morgan fingerprint density at radius 3 is 2.91 bits per heavy atom. The number of methoxy groups -OCH3 is 1. The van der Waals surface area contributed by atoms with E-state index in [2.05, 4.69) is 16.8 Å². The molecule has 23 heavy (non-hydrogen) atoms. The molecule has 0 spiro atoms. The largest absolute Gasteiger partial charge is 0.380 e. The lowest BCUT2D eigenvalue weighted by molar-refractivity contribution is -0.0136. The molecule has 1 aliphatic rings. The number of rotatable bonds is 5. The highest BCUT2D eigenvalue weighted by Gasteiger charge is 2.30. The second-order valence-electron chi connectivity index (χ2n) is 6.21. The molecule has 0 amide bonds. The molecule has 0 unspecified atom stereocenters. The van der Waals surface area contributed by atoms with E-state index >= 15 is 0 Å². The van der Waals surface area contributed by atoms with Gasteiger partial charge in [-0.15, -0.1) is 11.3 Å². The first-order valence-corrected chi connectivity index (χ1v) is 8.93. The standard InChI is InChI=1S/C18H23FN2OS/c1-13-18(23-12-20-13)11-21-8-7-15(17(10-21)22-2)9-14-5-3-4-6-16(14)19/h3-6,12,15,17H,7-11H2,1-2H3/t15-,17-/m1/s1. The minimum absolute atomic E-state index is 0.106. The van der Waals surface area contributed by atoms with E-state index in [-0.39, 0.29) is 11.9 Å². The Bertz CT molecular complexity index is 645. The molecule has 1 fully saturated rings. The predicted molar refractivity (Wildman–Crippen MR) is 91.1 cm³/mol. The quantitative estimate of drug-likeness (QED) is 0.834. The van der Waals surface area contributed by atoms with Gasteiger partial charge >= 0.3 is 0 Å². The van der Waals surface area contributed by atoms with E-state index in [1.54, 1.807) is 30.6 Å². The first-order valence-electron chi connectivity index (χ1n) is 8.05. The molecule has 124 valence electrons. The fraction of sp³-hybridized carbons (Fsp3) is 0.500. The van der Waals surface area contributed by atoms with Crippen LogP contribution in [0.5, 0.6) is 0 Å². The minimum atomic E-state index is -0.106. The van der Waals surface area contributed by atoms with Crippen LogP contribution in [0.15, 0.2) is 29.8 Å². The van der Waals surface area contributed by atoms with Crippen molar-refractivity contribution >= 4 is 11.3 Å². The van der Waals surface area contributed by atoms with Gasteiger partial charge in [-0.3, -0.25) is 4.90 Å². The van der Waals surface area contributed by atoms with E-state index < -0.39 is 0 Å². The highest BCUT2D eigenvalue weighted by molar-refractivity contribution is 7.09. The van der Waals surface area contributed by atoms with Crippen molar-refractivity contribution in [2.75, 3.05) is 20.2 Å². The van der Waals surface area contributed by atoms with Crippen LogP contribution in [0.2, 0.25) is 0 Å². The number of halogens is 1. The molecular formula is C18H23FN2OS. The van der Waals surface area contributed by atoms with Crippen molar-refractivity contribution in [1.29, 1.82) is 0 Å². The van der Waals surface area contributed by atoms with Crippen LogP contribution in [-0.4, -0.2) is 36.2 Å². The zero-order valence-electron chi connectivity index (χ0n) is 13.7. The molecule has 3 nitrogen and oxygen atoms in total. The Balaban J connectivity index is 1.63. The summed E-state index contributed by atoms with van der Waals surface area (Å²) in [7, 11) is 1.76. The van der Waals surface area contributed by atoms with Crippen LogP contribution in [0, 0.1) is 18.7 Å². The van der Waals surface area contributed by atoms with Gasteiger partial charge in [-0.25, -0.2) is 9.37 Å². The number of aryl methyl sites for hydroxylation is 1. The van der Waals surface area contributed by atoms with Crippen molar-refractivity contribution in [2.24, 2.45) is 5.92 Å². The first-order chi connectivity index (χ1) is 11.2. The summed E-state index contributed by atoms with van der Waals surface area (Å²) in [5.74, 6) is 0.265. The Morgan fingerprint density at radius 2 is 2.22 bits per heavy atom. The minimum Gasteiger partial charge on any atom is -0.380 e. The summed E-state index contributed by atoms with van der Waals surface area (Å²) in [6.07, 6.45) is 1.93. The molecular weight excluding hydrogens is 311 g/mol. The van der Waals surface area contributed by atoms with E-state index in [0.717, 1.165) is 43.7 Å². The maximum atomic E-state index is 13.9. The van der Waals surface area contributed by atoms with Gasteiger partial charge in [0.05, 0.1) is 17.3 Å². The number of thiazole rings is 1. The monoisotopic (exact) mass is 334 g/mol. The molecule has 0 radical (unpaired) electrons. The van der Waals surface area contributed by atoms with Crippen molar-refractivity contribution in [3.8, 4) is 0 Å². The van der Waals surface area contributed by atoms with Crippen LogP contribution in [0.3, 0.4) is 0 Å². The van der Waals surface area contributed by atoms with Crippen molar-refractivity contribution < 1.29 is 9.13 Å². The second kappa shape index (κ2) is 7.51. The van der Waals surface area contributed by atoms with Crippen molar-refractivity contribution in [3.05, 3.63) is 51.7 Å². The fourth-order valence-corrected chi connectivity index (χ4v) is 4.12. The van der Waals surface area contributed by atoms with E-state index in [1.807, 2.05) is 17.6 Å². The summed E-state index contributed by atoms with van der Waals surface area (Å²) in [5.41, 5.74) is 3.83. The number of nitrogens with zero attached hydrogens (tertiary/aromatic N) is 2. The van der Waals surface area contributed by atoms with Gasteiger partial charge in [0.1, 0.15) is 5.82 Å². The summed E-state index contributed by atoms with van der Waals surface area (Å²) in [5, 5.41) is 0. The maximum absolute atomic E-state index is 13.9. The molecule has 1 aromatic carbocycles. The normalized spacial score (nSPS) is 22.4. The lowest BCUT2D eigenvalue weighted by Gasteiger charge is -2.37. The zero-order chi connectivity index (χ0) is 16.2. The van der Waals surface area contributed by atoms with Gasteiger partial charge < -0.3 is 4.74 Å². The van der Waals surface area contributed by atoms with Crippen LogP contribution in [0.25, 0.3) is 0 Å². The topological polar surface area (TPSA) is 25.4 Å². The average molecular weight is 334 g/mol. The third-order valence-electron chi connectivity index (χ3n) is 4.73. The van der Waals surface area contributed by atoms with Gasteiger partial charge in [0.2, 0.25) is 0 Å². The molecule has 0 bridgehead atoms. The number of piperidine rings is 1. The van der Waals surface area contributed by atoms with Crippen molar-refractivity contribution in [1.82, 2.24) is 9.88 Å². The van der Waals surface area contributed by atoms with Gasteiger partial charge in [-0.1, -0.05) is 18.2 Å². The highest BCUT2D eigenvalue weighted by atomic mass is 32.1. The molecule has 0 saturated carbocycles.